The Morgan fingerprint density at radius 2 is 1.89 bits per heavy atom. The second kappa shape index (κ2) is 9.84. The van der Waals surface area contributed by atoms with Crippen molar-refractivity contribution >= 4 is 22.3 Å². The molecule has 5 rings (SSSR count). The van der Waals surface area contributed by atoms with Crippen LogP contribution in [0.15, 0.2) is 48.8 Å². The Labute approximate surface area is 222 Å². The van der Waals surface area contributed by atoms with Crippen LogP contribution in [-0.2, 0) is 0 Å². The van der Waals surface area contributed by atoms with Crippen LogP contribution >= 0.6 is 0 Å². The monoisotopic (exact) mass is 502 g/mol. The number of fused-ring (bicyclic) bond motifs is 1. The molecule has 1 fully saturated rings. The summed E-state index contributed by atoms with van der Waals surface area (Å²) in [5.41, 5.74) is 3.37. The van der Waals surface area contributed by atoms with Crippen LogP contribution in [0.3, 0.4) is 0 Å². The predicted octanol–water partition coefficient (Wildman–Crippen LogP) is 5.44. The van der Waals surface area contributed by atoms with E-state index in [1.165, 1.54) is 6.20 Å². The van der Waals surface area contributed by atoms with E-state index in [0.29, 0.717) is 56.8 Å². The SMILES string of the molecule is [2H]C(Nc1cc(C#N)c2ncc(C#N)c(NCC(C)(C)C)c2c1)(c1cccc(C#N)c1)c1cn(C2CC2)nn1. The molecule has 2 aromatic carbocycles. The van der Waals surface area contributed by atoms with Crippen molar-refractivity contribution in [1.29, 1.82) is 15.8 Å². The number of aromatic nitrogens is 4. The average molecular weight is 503 g/mol. The van der Waals surface area contributed by atoms with Crippen molar-refractivity contribution in [1.82, 2.24) is 20.0 Å². The van der Waals surface area contributed by atoms with Gasteiger partial charge in [0, 0.05) is 23.8 Å². The Balaban J connectivity index is 1.67. The van der Waals surface area contributed by atoms with E-state index in [0.717, 1.165) is 12.8 Å². The lowest BCUT2D eigenvalue weighted by molar-refractivity contribution is 0.443. The molecule has 0 saturated heterocycles. The molecule has 2 N–H and O–H groups in total. The summed E-state index contributed by atoms with van der Waals surface area (Å²) in [6.07, 6.45) is 5.26. The first kappa shape index (κ1) is 23.5. The summed E-state index contributed by atoms with van der Waals surface area (Å²) < 4.78 is 11.4. The van der Waals surface area contributed by atoms with Gasteiger partial charge in [0.1, 0.15) is 17.8 Å². The Morgan fingerprint density at radius 3 is 2.58 bits per heavy atom. The molecule has 1 aliphatic rings. The fraction of sp³-hybridized carbons (Fsp3) is 0.310. The first-order valence-corrected chi connectivity index (χ1v) is 12.4. The zero-order valence-electron chi connectivity index (χ0n) is 22.4. The van der Waals surface area contributed by atoms with Crippen LogP contribution in [0.25, 0.3) is 10.9 Å². The normalized spacial score (nSPS) is 15.0. The van der Waals surface area contributed by atoms with Gasteiger partial charge in [-0.25, -0.2) is 4.68 Å². The van der Waals surface area contributed by atoms with Crippen LogP contribution in [0, 0.1) is 39.4 Å². The second-order valence-electron chi connectivity index (χ2n) is 10.6. The summed E-state index contributed by atoms with van der Waals surface area (Å²) in [5, 5.41) is 45.1. The highest BCUT2D eigenvalue weighted by Crippen LogP contribution is 2.36. The van der Waals surface area contributed by atoms with Gasteiger partial charge in [0.2, 0.25) is 0 Å². The van der Waals surface area contributed by atoms with Gasteiger partial charge in [0.15, 0.2) is 0 Å². The zero-order chi connectivity index (χ0) is 27.8. The molecule has 2 aromatic heterocycles. The molecule has 0 aliphatic heterocycles. The van der Waals surface area contributed by atoms with Crippen molar-refractivity contribution in [3.63, 3.8) is 0 Å². The summed E-state index contributed by atoms with van der Waals surface area (Å²) >= 11 is 0. The van der Waals surface area contributed by atoms with E-state index in [1.807, 2.05) is 0 Å². The molecule has 4 aromatic rings. The standard InChI is InChI=1S/C29H27N9/c1-29(2,3)17-34-27-21(14-32)15-33-26-20(13-31)10-22(11-24(26)27)35-28(19-6-4-5-18(9-19)12-30)25-16-38(37-36-25)23-7-8-23/h4-6,9-11,15-16,23,28,35H,7-8,17H2,1-3H3,(H,33,34)/i28D. The first-order chi connectivity index (χ1) is 18.6. The van der Waals surface area contributed by atoms with Crippen LogP contribution in [0.2, 0.25) is 0 Å². The van der Waals surface area contributed by atoms with Crippen LogP contribution < -0.4 is 10.6 Å². The van der Waals surface area contributed by atoms with Gasteiger partial charge in [-0.15, -0.1) is 5.10 Å². The molecule has 0 bridgehead atoms. The Hall–Kier alpha value is -4.94. The van der Waals surface area contributed by atoms with Gasteiger partial charge >= 0.3 is 0 Å². The van der Waals surface area contributed by atoms with E-state index in [1.54, 1.807) is 47.3 Å². The highest BCUT2D eigenvalue weighted by atomic mass is 15.4. The van der Waals surface area contributed by atoms with Gasteiger partial charge in [-0.2, -0.15) is 15.8 Å². The minimum absolute atomic E-state index is 0.0638. The van der Waals surface area contributed by atoms with Crippen LogP contribution in [0.5, 0.6) is 0 Å². The molecule has 1 unspecified atom stereocenters. The lowest BCUT2D eigenvalue weighted by atomic mass is 9.96. The fourth-order valence-electron chi connectivity index (χ4n) is 4.17. The summed E-state index contributed by atoms with van der Waals surface area (Å²) in [7, 11) is 0. The Morgan fingerprint density at radius 1 is 1.11 bits per heavy atom. The highest BCUT2D eigenvalue weighted by Gasteiger charge is 2.27. The van der Waals surface area contributed by atoms with Crippen molar-refractivity contribution in [3.8, 4) is 18.2 Å². The number of hydrogen-bond donors (Lipinski definition) is 2. The van der Waals surface area contributed by atoms with Gasteiger partial charge in [-0.1, -0.05) is 38.1 Å². The maximum Gasteiger partial charge on any atom is 0.109 e. The van der Waals surface area contributed by atoms with Crippen LogP contribution in [0.1, 0.15) is 75.0 Å². The van der Waals surface area contributed by atoms with Crippen LogP contribution in [-0.4, -0.2) is 26.5 Å². The van der Waals surface area contributed by atoms with Crippen molar-refractivity contribution in [3.05, 3.63) is 76.7 Å². The van der Waals surface area contributed by atoms with Gasteiger partial charge in [-0.3, -0.25) is 4.98 Å². The molecule has 1 saturated carbocycles. The van der Waals surface area contributed by atoms with E-state index in [4.69, 9.17) is 0 Å². The summed E-state index contributed by atoms with van der Waals surface area (Å²) in [6.45, 7) is 6.85. The lowest BCUT2D eigenvalue weighted by Crippen LogP contribution is -2.20. The number of benzene rings is 2. The van der Waals surface area contributed by atoms with E-state index in [-0.39, 0.29) is 11.5 Å². The third kappa shape index (κ3) is 5.12. The highest BCUT2D eigenvalue weighted by molar-refractivity contribution is 5.99. The van der Waals surface area contributed by atoms with E-state index in [9.17, 15) is 17.2 Å². The number of pyridine rings is 1. The third-order valence-electron chi connectivity index (χ3n) is 6.24. The molecule has 9 nitrogen and oxygen atoms in total. The molecular formula is C29H27N9. The molecule has 188 valence electrons. The van der Waals surface area contributed by atoms with E-state index in [2.05, 4.69) is 64.9 Å². The second-order valence-corrected chi connectivity index (χ2v) is 10.6. The predicted molar refractivity (Wildman–Crippen MR) is 144 cm³/mol. The Kier molecular flexibility index (Phi) is 6.08. The van der Waals surface area contributed by atoms with Crippen molar-refractivity contribution in [2.24, 2.45) is 5.41 Å². The van der Waals surface area contributed by atoms with Gasteiger partial charge in [0.25, 0.3) is 0 Å². The number of nitrogens with one attached hydrogen (secondary N) is 2. The molecule has 9 heteroatoms. The number of nitriles is 3. The Bertz CT molecular complexity index is 1690. The minimum Gasteiger partial charge on any atom is -0.383 e. The number of rotatable bonds is 7. The smallest absolute Gasteiger partial charge is 0.109 e. The van der Waals surface area contributed by atoms with E-state index >= 15 is 0 Å². The minimum atomic E-state index is -1.63. The quantitative estimate of drug-likeness (QED) is 0.341. The van der Waals surface area contributed by atoms with Gasteiger partial charge in [-0.05, 0) is 48.1 Å². The van der Waals surface area contributed by atoms with Gasteiger partial charge < -0.3 is 10.6 Å². The van der Waals surface area contributed by atoms with E-state index < -0.39 is 6.02 Å². The molecular weight excluding hydrogens is 474 g/mol. The zero-order valence-corrected chi connectivity index (χ0v) is 21.4. The maximum absolute atomic E-state index is 10.00. The third-order valence-corrected chi connectivity index (χ3v) is 6.24. The number of nitrogens with zero attached hydrogens (tertiary/aromatic N) is 7. The van der Waals surface area contributed by atoms with Gasteiger partial charge in [0.05, 0.1) is 53.6 Å². The molecule has 0 amide bonds. The largest absolute Gasteiger partial charge is 0.383 e. The molecule has 2 heterocycles. The van der Waals surface area contributed by atoms with Crippen molar-refractivity contribution < 1.29 is 1.37 Å². The topological polar surface area (TPSA) is 139 Å². The first-order valence-electron chi connectivity index (χ1n) is 12.9. The summed E-state index contributed by atoms with van der Waals surface area (Å²) in [4.78, 5) is 4.41. The number of anilines is 2. The molecule has 1 aliphatic carbocycles. The fourth-order valence-corrected chi connectivity index (χ4v) is 4.17. The number of hydrogen-bond acceptors (Lipinski definition) is 8. The maximum atomic E-state index is 10.00. The van der Waals surface area contributed by atoms with Crippen molar-refractivity contribution in [2.75, 3.05) is 17.2 Å². The molecule has 38 heavy (non-hydrogen) atoms. The van der Waals surface area contributed by atoms with Crippen LogP contribution in [0.4, 0.5) is 11.4 Å². The van der Waals surface area contributed by atoms with Crippen molar-refractivity contribution in [2.45, 2.75) is 45.7 Å². The molecule has 0 spiro atoms. The lowest BCUT2D eigenvalue weighted by Gasteiger charge is -2.22. The summed E-state index contributed by atoms with van der Waals surface area (Å²) in [6, 6.07) is 15.4. The summed E-state index contributed by atoms with van der Waals surface area (Å²) in [5.74, 6) is 0. The molecule has 0 radical (unpaired) electrons. The average Bonchev–Trinajstić information content (AvgIpc) is 3.66. The molecule has 1 atom stereocenters.